The molecule has 0 unspecified atom stereocenters. The van der Waals surface area contributed by atoms with Crippen molar-refractivity contribution in [2.45, 2.75) is 20.0 Å². The Morgan fingerprint density at radius 2 is 2.32 bits per heavy atom. The minimum atomic E-state index is -0.501. The number of aromatic amines is 1. The highest BCUT2D eigenvalue weighted by atomic mass is 16.6. The van der Waals surface area contributed by atoms with Gasteiger partial charge >= 0.3 is 6.09 Å². The van der Waals surface area contributed by atoms with E-state index in [4.69, 9.17) is 15.2 Å². The van der Waals surface area contributed by atoms with Crippen LogP contribution in [-0.4, -0.2) is 29.1 Å². The van der Waals surface area contributed by atoms with E-state index in [-0.39, 0.29) is 12.8 Å². The fourth-order valence-corrected chi connectivity index (χ4v) is 1.62. The lowest BCUT2D eigenvalue weighted by atomic mass is 10.2. The van der Waals surface area contributed by atoms with Crippen molar-refractivity contribution in [1.82, 2.24) is 10.2 Å². The molecule has 0 spiro atoms. The van der Waals surface area contributed by atoms with Crippen LogP contribution < -0.4 is 15.8 Å². The van der Waals surface area contributed by atoms with E-state index >= 15 is 0 Å². The molecule has 0 aliphatic carbocycles. The molecular weight excluding hydrogens is 248 g/mol. The summed E-state index contributed by atoms with van der Waals surface area (Å²) in [5.74, 6) is 0.401. The number of amides is 1. The first-order valence-electron chi connectivity index (χ1n) is 5.88. The molecule has 0 aliphatic rings. The van der Waals surface area contributed by atoms with E-state index in [1.807, 2.05) is 0 Å². The number of ether oxygens (including phenoxy) is 2. The molecule has 4 N–H and O–H groups in total. The first-order chi connectivity index (χ1) is 9.10. The average Bonchev–Trinajstić information content (AvgIpc) is 2.71. The minimum absolute atomic E-state index is 0.0347. The lowest BCUT2D eigenvalue weighted by Crippen LogP contribution is -2.17. The Morgan fingerprint density at radius 1 is 1.53 bits per heavy atom. The van der Waals surface area contributed by atoms with Gasteiger partial charge in [0.05, 0.1) is 17.0 Å². The molecule has 0 saturated carbocycles. The smallest absolute Gasteiger partial charge is 0.411 e. The standard InChI is InChI=1S/C12H16N4O3/c1-7(2)19-12(17)14-8-3-4-10-9(5-8)11(16-15-10)18-6-13/h3-5,7H,6,13H2,1-2H3,(H,14,17)(H,15,16). The van der Waals surface area contributed by atoms with Gasteiger partial charge in [0, 0.05) is 5.69 Å². The lowest BCUT2D eigenvalue weighted by Gasteiger charge is -2.09. The molecule has 1 heterocycles. The number of nitrogens with one attached hydrogen (secondary N) is 2. The monoisotopic (exact) mass is 264 g/mol. The summed E-state index contributed by atoms with van der Waals surface area (Å²) in [6.45, 7) is 3.60. The van der Waals surface area contributed by atoms with Crippen LogP contribution in [0.1, 0.15) is 13.8 Å². The van der Waals surface area contributed by atoms with Gasteiger partial charge in [-0.05, 0) is 32.0 Å². The van der Waals surface area contributed by atoms with Gasteiger partial charge in [-0.25, -0.2) is 4.79 Å². The normalized spacial score (nSPS) is 10.7. The van der Waals surface area contributed by atoms with E-state index < -0.39 is 6.09 Å². The molecule has 0 atom stereocenters. The van der Waals surface area contributed by atoms with Crippen LogP contribution in [0.15, 0.2) is 18.2 Å². The number of aromatic nitrogens is 2. The molecule has 19 heavy (non-hydrogen) atoms. The fourth-order valence-electron chi connectivity index (χ4n) is 1.62. The van der Waals surface area contributed by atoms with Gasteiger partial charge in [-0.2, -0.15) is 0 Å². The third-order valence-electron chi connectivity index (χ3n) is 2.34. The molecule has 1 aromatic heterocycles. The maximum Gasteiger partial charge on any atom is 0.411 e. The number of fused-ring (bicyclic) bond motifs is 1. The number of nitrogens with two attached hydrogens (primary N) is 1. The highest BCUT2D eigenvalue weighted by Gasteiger charge is 2.10. The zero-order valence-corrected chi connectivity index (χ0v) is 10.8. The first kappa shape index (κ1) is 13.2. The average molecular weight is 264 g/mol. The van der Waals surface area contributed by atoms with Gasteiger partial charge < -0.3 is 9.47 Å². The van der Waals surface area contributed by atoms with Crippen LogP contribution in [0, 0.1) is 0 Å². The molecule has 0 radical (unpaired) electrons. The van der Waals surface area contributed by atoms with Gasteiger partial charge in [0.1, 0.15) is 6.73 Å². The van der Waals surface area contributed by atoms with Crippen LogP contribution in [-0.2, 0) is 4.74 Å². The summed E-state index contributed by atoms with van der Waals surface area (Å²) in [7, 11) is 0. The Morgan fingerprint density at radius 3 is 3.00 bits per heavy atom. The second kappa shape index (κ2) is 5.57. The second-order valence-electron chi connectivity index (χ2n) is 4.18. The molecule has 7 nitrogen and oxygen atoms in total. The quantitative estimate of drug-likeness (QED) is 0.731. The van der Waals surface area contributed by atoms with Crippen LogP contribution in [0.2, 0.25) is 0 Å². The number of rotatable bonds is 4. The Kier molecular flexibility index (Phi) is 3.86. The molecule has 7 heteroatoms. The maximum absolute atomic E-state index is 11.5. The van der Waals surface area contributed by atoms with Crippen LogP contribution in [0.25, 0.3) is 10.9 Å². The van der Waals surface area contributed by atoms with E-state index in [1.54, 1.807) is 32.0 Å². The van der Waals surface area contributed by atoms with E-state index in [9.17, 15) is 4.79 Å². The Labute approximate surface area is 110 Å². The molecule has 0 saturated heterocycles. The largest absolute Gasteiger partial charge is 0.460 e. The number of hydrogen-bond donors (Lipinski definition) is 3. The molecule has 1 aromatic carbocycles. The molecule has 2 rings (SSSR count). The molecule has 0 aliphatic heterocycles. The van der Waals surface area contributed by atoms with Gasteiger partial charge in [0.15, 0.2) is 0 Å². The van der Waals surface area contributed by atoms with E-state index in [1.165, 1.54) is 0 Å². The van der Waals surface area contributed by atoms with E-state index in [2.05, 4.69) is 15.5 Å². The van der Waals surface area contributed by atoms with Crippen molar-refractivity contribution in [3.63, 3.8) is 0 Å². The Hall–Kier alpha value is -2.28. The molecule has 1 amide bonds. The molecular formula is C12H16N4O3. The van der Waals surface area contributed by atoms with Crippen molar-refractivity contribution in [3.8, 4) is 5.88 Å². The summed E-state index contributed by atoms with van der Waals surface area (Å²) >= 11 is 0. The predicted octanol–water partition coefficient (Wildman–Crippen LogP) is 1.81. The van der Waals surface area contributed by atoms with Crippen molar-refractivity contribution in [2.24, 2.45) is 5.73 Å². The summed E-state index contributed by atoms with van der Waals surface area (Å²) < 4.78 is 10.2. The van der Waals surface area contributed by atoms with E-state index in [0.29, 0.717) is 11.6 Å². The number of anilines is 1. The van der Waals surface area contributed by atoms with Crippen molar-refractivity contribution in [2.75, 3.05) is 12.0 Å². The summed E-state index contributed by atoms with van der Waals surface area (Å²) in [4.78, 5) is 11.5. The zero-order chi connectivity index (χ0) is 13.8. The SMILES string of the molecule is CC(C)OC(=O)Nc1ccc2[nH]nc(OCN)c2c1. The molecule has 0 fully saturated rings. The number of nitrogens with zero attached hydrogens (tertiary/aromatic N) is 1. The van der Waals surface area contributed by atoms with Crippen molar-refractivity contribution >= 4 is 22.7 Å². The van der Waals surface area contributed by atoms with Gasteiger partial charge in [-0.15, -0.1) is 5.10 Å². The molecule has 102 valence electrons. The van der Waals surface area contributed by atoms with Crippen LogP contribution >= 0.6 is 0 Å². The van der Waals surface area contributed by atoms with Gasteiger partial charge in [-0.1, -0.05) is 0 Å². The predicted molar refractivity (Wildman–Crippen MR) is 71.0 cm³/mol. The number of hydrogen-bond acceptors (Lipinski definition) is 5. The van der Waals surface area contributed by atoms with Crippen LogP contribution in [0.3, 0.4) is 0 Å². The third-order valence-corrected chi connectivity index (χ3v) is 2.34. The van der Waals surface area contributed by atoms with Crippen LogP contribution in [0.4, 0.5) is 10.5 Å². The number of benzene rings is 1. The fraction of sp³-hybridized carbons (Fsp3) is 0.333. The third kappa shape index (κ3) is 3.14. The van der Waals surface area contributed by atoms with Gasteiger partial charge in [0.25, 0.3) is 0 Å². The Bertz CT molecular complexity index is 579. The van der Waals surface area contributed by atoms with Crippen molar-refractivity contribution in [1.29, 1.82) is 0 Å². The van der Waals surface area contributed by atoms with Crippen molar-refractivity contribution in [3.05, 3.63) is 18.2 Å². The highest BCUT2D eigenvalue weighted by Crippen LogP contribution is 2.25. The first-order valence-corrected chi connectivity index (χ1v) is 5.88. The summed E-state index contributed by atoms with van der Waals surface area (Å²) in [6, 6.07) is 5.27. The lowest BCUT2D eigenvalue weighted by molar-refractivity contribution is 0.130. The highest BCUT2D eigenvalue weighted by molar-refractivity contribution is 5.92. The van der Waals surface area contributed by atoms with Crippen molar-refractivity contribution < 1.29 is 14.3 Å². The summed E-state index contributed by atoms with van der Waals surface area (Å²) in [5.41, 5.74) is 6.71. The number of carbonyl (C=O) groups excluding carboxylic acids is 1. The summed E-state index contributed by atoms with van der Waals surface area (Å²) in [5, 5.41) is 10.2. The zero-order valence-electron chi connectivity index (χ0n) is 10.8. The van der Waals surface area contributed by atoms with Gasteiger partial charge in [0.2, 0.25) is 5.88 Å². The number of H-pyrrole nitrogens is 1. The van der Waals surface area contributed by atoms with Gasteiger partial charge in [-0.3, -0.25) is 16.1 Å². The second-order valence-corrected chi connectivity index (χ2v) is 4.18. The number of carbonyl (C=O) groups is 1. The van der Waals surface area contributed by atoms with E-state index in [0.717, 1.165) is 10.9 Å². The molecule has 2 aromatic rings. The topological polar surface area (TPSA) is 102 Å². The van der Waals surface area contributed by atoms with Crippen LogP contribution in [0.5, 0.6) is 5.88 Å². The maximum atomic E-state index is 11.5. The Balaban J connectivity index is 2.20. The summed E-state index contributed by atoms with van der Waals surface area (Å²) in [6.07, 6.45) is -0.673. The minimum Gasteiger partial charge on any atom is -0.460 e. The molecule has 0 bridgehead atoms.